The quantitative estimate of drug-likeness (QED) is 0.696. The lowest BCUT2D eigenvalue weighted by molar-refractivity contribution is 0.468. The number of benzene rings is 2. The van der Waals surface area contributed by atoms with Crippen molar-refractivity contribution in [3.63, 3.8) is 0 Å². The molecule has 20 heavy (non-hydrogen) atoms. The fourth-order valence-electron chi connectivity index (χ4n) is 2.09. The largest absolute Gasteiger partial charge is 0.438 e. The van der Waals surface area contributed by atoms with Crippen LogP contribution in [0.2, 0.25) is 0 Å². The Bertz CT molecular complexity index is 715. The van der Waals surface area contributed by atoms with Crippen molar-refractivity contribution in [1.29, 1.82) is 0 Å². The minimum absolute atomic E-state index is 0.518. The van der Waals surface area contributed by atoms with Crippen molar-refractivity contribution in [3.8, 4) is 11.6 Å². The van der Waals surface area contributed by atoms with Crippen molar-refractivity contribution < 1.29 is 4.74 Å². The van der Waals surface area contributed by atoms with Gasteiger partial charge in [0.05, 0.1) is 10.9 Å². The highest BCUT2D eigenvalue weighted by Gasteiger charge is 2.06. The lowest BCUT2D eigenvalue weighted by Gasteiger charge is -2.09. The molecule has 0 amide bonds. The third-order valence-electron chi connectivity index (χ3n) is 3.27. The van der Waals surface area contributed by atoms with E-state index in [0.717, 1.165) is 16.7 Å². The average molecular weight is 264 g/mol. The van der Waals surface area contributed by atoms with Crippen molar-refractivity contribution in [3.05, 3.63) is 60.4 Å². The number of rotatable bonds is 3. The van der Waals surface area contributed by atoms with Crippen LogP contribution in [0.25, 0.3) is 10.9 Å². The Kier molecular flexibility index (Phi) is 3.33. The molecule has 3 nitrogen and oxygen atoms in total. The monoisotopic (exact) mass is 264 g/mol. The molecule has 0 saturated heterocycles. The summed E-state index contributed by atoms with van der Waals surface area (Å²) in [6.07, 6.45) is 1.53. The predicted molar refractivity (Wildman–Crippen MR) is 80.1 cm³/mol. The van der Waals surface area contributed by atoms with E-state index >= 15 is 0 Å². The summed E-state index contributed by atoms with van der Waals surface area (Å²) in [7, 11) is 0. The first kappa shape index (κ1) is 12.6. The molecule has 3 rings (SSSR count). The molecule has 0 aliphatic rings. The van der Waals surface area contributed by atoms with E-state index in [2.05, 4.69) is 35.9 Å². The molecule has 3 aromatic rings. The first-order valence-corrected chi connectivity index (χ1v) is 6.71. The molecular weight excluding hydrogens is 248 g/mol. The lowest BCUT2D eigenvalue weighted by atomic mass is 10.0. The van der Waals surface area contributed by atoms with Crippen LogP contribution < -0.4 is 4.74 Å². The van der Waals surface area contributed by atoms with Gasteiger partial charge in [-0.1, -0.05) is 38.1 Å². The molecule has 3 heteroatoms. The van der Waals surface area contributed by atoms with Crippen LogP contribution in [-0.4, -0.2) is 9.97 Å². The average Bonchev–Trinajstić information content (AvgIpc) is 2.48. The number of ether oxygens (including phenoxy) is 1. The van der Waals surface area contributed by atoms with E-state index in [-0.39, 0.29) is 0 Å². The summed E-state index contributed by atoms with van der Waals surface area (Å²) in [4.78, 5) is 8.46. The van der Waals surface area contributed by atoms with Gasteiger partial charge in [-0.05, 0) is 35.7 Å². The molecule has 0 saturated carbocycles. The maximum absolute atomic E-state index is 5.88. The van der Waals surface area contributed by atoms with Crippen LogP contribution in [0.3, 0.4) is 0 Å². The molecule has 0 N–H and O–H groups in total. The van der Waals surface area contributed by atoms with E-state index in [4.69, 9.17) is 4.74 Å². The predicted octanol–water partition coefficient (Wildman–Crippen LogP) is 4.55. The van der Waals surface area contributed by atoms with Gasteiger partial charge in [0.1, 0.15) is 12.1 Å². The summed E-state index contributed by atoms with van der Waals surface area (Å²) in [5, 5.41) is 0.919. The number of nitrogens with zero attached hydrogens (tertiary/aromatic N) is 2. The van der Waals surface area contributed by atoms with Crippen LogP contribution in [0, 0.1) is 0 Å². The summed E-state index contributed by atoms with van der Waals surface area (Å²) in [6, 6.07) is 16.0. The molecule has 100 valence electrons. The zero-order valence-electron chi connectivity index (χ0n) is 11.6. The van der Waals surface area contributed by atoms with Gasteiger partial charge in [-0.15, -0.1) is 0 Å². The Labute approximate surface area is 118 Å². The van der Waals surface area contributed by atoms with Crippen LogP contribution in [0.4, 0.5) is 0 Å². The Balaban J connectivity index is 1.93. The molecule has 2 aromatic carbocycles. The Morgan fingerprint density at radius 3 is 2.40 bits per heavy atom. The van der Waals surface area contributed by atoms with Crippen molar-refractivity contribution >= 4 is 10.9 Å². The van der Waals surface area contributed by atoms with E-state index < -0.39 is 0 Å². The van der Waals surface area contributed by atoms with Crippen molar-refractivity contribution in [1.82, 2.24) is 9.97 Å². The lowest BCUT2D eigenvalue weighted by Crippen LogP contribution is -1.92. The molecule has 0 aliphatic heterocycles. The molecule has 0 fully saturated rings. The van der Waals surface area contributed by atoms with E-state index in [1.807, 2.05) is 36.4 Å². The Morgan fingerprint density at radius 1 is 0.900 bits per heavy atom. The number of para-hydroxylation sites is 1. The van der Waals surface area contributed by atoms with Gasteiger partial charge in [0, 0.05) is 0 Å². The molecule has 0 spiro atoms. The van der Waals surface area contributed by atoms with E-state index in [1.165, 1.54) is 11.9 Å². The van der Waals surface area contributed by atoms with Gasteiger partial charge >= 0.3 is 0 Å². The summed E-state index contributed by atoms with van der Waals surface area (Å²) < 4.78 is 5.88. The maximum Gasteiger partial charge on any atom is 0.230 e. The van der Waals surface area contributed by atoms with Crippen LogP contribution >= 0.6 is 0 Å². The molecule has 0 atom stereocenters. The van der Waals surface area contributed by atoms with Crippen LogP contribution in [0.1, 0.15) is 25.3 Å². The smallest absolute Gasteiger partial charge is 0.230 e. The van der Waals surface area contributed by atoms with Crippen LogP contribution in [0.15, 0.2) is 54.9 Å². The maximum atomic E-state index is 5.88. The second-order valence-corrected chi connectivity index (χ2v) is 5.02. The second kappa shape index (κ2) is 5.29. The molecule has 1 heterocycles. The van der Waals surface area contributed by atoms with E-state index in [1.54, 1.807) is 0 Å². The highest BCUT2D eigenvalue weighted by atomic mass is 16.5. The molecular formula is C17H16N2O. The first-order valence-electron chi connectivity index (χ1n) is 6.71. The number of hydrogen-bond donors (Lipinski definition) is 0. The summed E-state index contributed by atoms with van der Waals surface area (Å²) in [6.45, 7) is 4.35. The van der Waals surface area contributed by atoms with E-state index in [9.17, 15) is 0 Å². The fraction of sp³-hybridized carbons (Fsp3) is 0.176. The summed E-state index contributed by atoms with van der Waals surface area (Å²) in [5.74, 6) is 1.90. The number of aromatic nitrogens is 2. The SMILES string of the molecule is CC(C)c1ccc(Oc2ncnc3ccccc23)cc1. The third kappa shape index (κ3) is 2.48. The fourth-order valence-corrected chi connectivity index (χ4v) is 2.09. The zero-order valence-corrected chi connectivity index (χ0v) is 11.6. The zero-order chi connectivity index (χ0) is 13.9. The Hall–Kier alpha value is -2.42. The van der Waals surface area contributed by atoms with Gasteiger partial charge in [0.2, 0.25) is 5.88 Å². The van der Waals surface area contributed by atoms with Crippen molar-refractivity contribution in [2.24, 2.45) is 0 Å². The minimum atomic E-state index is 0.518. The minimum Gasteiger partial charge on any atom is -0.438 e. The third-order valence-corrected chi connectivity index (χ3v) is 3.27. The van der Waals surface area contributed by atoms with Gasteiger partial charge in [0.15, 0.2) is 0 Å². The van der Waals surface area contributed by atoms with Gasteiger partial charge in [-0.25, -0.2) is 9.97 Å². The normalized spacial score (nSPS) is 10.9. The first-order chi connectivity index (χ1) is 9.74. The van der Waals surface area contributed by atoms with Crippen LogP contribution in [-0.2, 0) is 0 Å². The van der Waals surface area contributed by atoms with Gasteiger partial charge in [0.25, 0.3) is 0 Å². The number of fused-ring (bicyclic) bond motifs is 1. The number of hydrogen-bond acceptors (Lipinski definition) is 3. The summed E-state index contributed by atoms with van der Waals surface area (Å²) in [5.41, 5.74) is 2.18. The van der Waals surface area contributed by atoms with E-state index in [0.29, 0.717) is 11.8 Å². The molecule has 0 bridgehead atoms. The molecule has 0 radical (unpaired) electrons. The Morgan fingerprint density at radius 2 is 1.65 bits per heavy atom. The van der Waals surface area contributed by atoms with Crippen molar-refractivity contribution in [2.75, 3.05) is 0 Å². The highest BCUT2D eigenvalue weighted by Crippen LogP contribution is 2.27. The van der Waals surface area contributed by atoms with Crippen LogP contribution in [0.5, 0.6) is 11.6 Å². The van der Waals surface area contributed by atoms with Crippen molar-refractivity contribution in [2.45, 2.75) is 19.8 Å². The molecule has 0 unspecified atom stereocenters. The standard InChI is InChI=1S/C17H16N2O/c1-12(2)13-7-9-14(10-8-13)20-17-15-5-3-4-6-16(15)18-11-19-17/h3-12H,1-2H3. The van der Waals surface area contributed by atoms with Gasteiger partial charge < -0.3 is 4.74 Å². The van der Waals surface area contributed by atoms with Gasteiger partial charge in [-0.3, -0.25) is 0 Å². The second-order valence-electron chi connectivity index (χ2n) is 5.02. The topological polar surface area (TPSA) is 35.0 Å². The highest BCUT2D eigenvalue weighted by molar-refractivity contribution is 5.83. The van der Waals surface area contributed by atoms with Gasteiger partial charge in [-0.2, -0.15) is 0 Å². The summed E-state index contributed by atoms with van der Waals surface area (Å²) >= 11 is 0. The molecule has 1 aromatic heterocycles. The molecule has 0 aliphatic carbocycles.